The lowest BCUT2D eigenvalue weighted by molar-refractivity contribution is -0.117. The number of nitrogens with two attached hydrogens (primary N) is 1. The van der Waals surface area contributed by atoms with Crippen LogP contribution in [0.1, 0.15) is 40.0 Å². The molecule has 0 heterocycles. The van der Waals surface area contributed by atoms with Crippen LogP contribution in [0, 0.1) is 0 Å². The predicted octanol–water partition coefficient (Wildman–Crippen LogP) is 4.50. The van der Waals surface area contributed by atoms with Crippen LogP contribution in [0.15, 0.2) is 12.1 Å². The Morgan fingerprint density at radius 1 is 1.33 bits per heavy atom. The second kappa shape index (κ2) is 7.87. The van der Waals surface area contributed by atoms with Gasteiger partial charge in [-0.1, -0.05) is 30.1 Å². The van der Waals surface area contributed by atoms with E-state index in [0.29, 0.717) is 40.9 Å². The lowest BCUT2D eigenvalue weighted by Gasteiger charge is -2.23. The molecule has 1 amide bonds. The van der Waals surface area contributed by atoms with E-state index in [1.807, 2.05) is 13.8 Å². The van der Waals surface area contributed by atoms with Crippen LogP contribution < -0.4 is 11.1 Å². The first-order chi connectivity index (χ1) is 9.75. The summed E-state index contributed by atoms with van der Waals surface area (Å²) in [4.78, 5) is 11.9. The number of carbonyl (C=O) groups excluding carboxylic acids is 1. The van der Waals surface area contributed by atoms with Gasteiger partial charge in [-0.3, -0.25) is 4.79 Å². The number of carbonyl (C=O) groups is 1. The number of anilines is 2. The molecule has 4 nitrogen and oxygen atoms in total. The third kappa shape index (κ3) is 6.12. The summed E-state index contributed by atoms with van der Waals surface area (Å²) in [5.74, 6) is -0.151. The standard InChI is InChI=1S/C15H22Cl2N2O2/c1-4-15(2,3)21-7-5-6-13(20)19-14-11(16)8-10(18)9-12(14)17/h8-9H,4-7,18H2,1-3H3,(H,19,20). The largest absolute Gasteiger partial charge is 0.399 e. The minimum absolute atomic E-state index is 0.151. The summed E-state index contributed by atoms with van der Waals surface area (Å²) in [7, 11) is 0. The quantitative estimate of drug-likeness (QED) is 0.570. The monoisotopic (exact) mass is 332 g/mol. The summed E-state index contributed by atoms with van der Waals surface area (Å²) in [5.41, 5.74) is 6.31. The van der Waals surface area contributed by atoms with Crippen molar-refractivity contribution in [2.24, 2.45) is 0 Å². The second-order valence-corrected chi connectivity index (χ2v) is 6.29. The molecular weight excluding hydrogens is 311 g/mol. The Bertz CT molecular complexity index is 481. The first-order valence-electron chi connectivity index (χ1n) is 6.93. The van der Waals surface area contributed by atoms with Crippen molar-refractivity contribution in [3.8, 4) is 0 Å². The van der Waals surface area contributed by atoms with Gasteiger partial charge in [-0.25, -0.2) is 0 Å². The predicted molar refractivity (Wildman–Crippen MR) is 89.1 cm³/mol. The van der Waals surface area contributed by atoms with Gasteiger partial charge in [-0.15, -0.1) is 0 Å². The highest BCUT2D eigenvalue weighted by Crippen LogP contribution is 2.32. The molecule has 6 heteroatoms. The Morgan fingerprint density at radius 3 is 2.43 bits per heavy atom. The zero-order chi connectivity index (χ0) is 16.0. The summed E-state index contributed by atoms with van der Waals surface area (Å²) in [6, 6.07) is 3.10. The topological polar surface area (TPSA) is 64.3 Å². The van der Waals surface area contributed by atoms with E-state index in [9.17, 15) is 4.79 Å². The van der Waals surface area contributed by atoms with Gasteiger partial charge in [0.2, 0.25) is 5.91 Å². The highest BCUT2D eigenvalue weighted by Gasteiger charge is 2.15. The molecule has 1 rings (SSSR count). The Hall–Kier alpha value is -0.970. The summed E-state index contributed by atoms with van der Waals surface area (Å²) >= 11 is 12.0. The lowest BCUT2D eigenvalue weighted by atomic mass is 10.1. The maximum atomic E-state index is 11.9. The Balaban J connectivity index is 2.45. The molecule has 0 aromatic heterocycles. The number of benzene rings is 1. The van der Waals surface area contributed by atoms with Gasteiger partial charge in [-0.2, -0.15) is 0 Å². The van der Waals surface area contributed by atoms with Crippen LogP contribution in [0.4, 0.5) is 11.4 Å². The summed E-state index contributed by atoms with van der Waals surface area (Å²) < 4.78 is 5.69. The van der Waals surface area contributed by atoms with Gasteiger partial charge in [0, 0.05) is 18.7 Å². The number of amides is 1. The summed E-state index contributed by atoms with van der Waals surface area (Å²) in [5, 5.41) is 3.36. The maximum absolute atomic E-state index is 11.9. The fourth-order valence-electron chi connectivity index (χ4n) is 1.60. The van der Waals surface area contributed by atoms with E-state index in [1.54, 1.807) is 12.1 Å². The molecule has 0 atom stereocenters. The molecule has 0 saturated heterocycles. The van der Waals surface area contributed by atoms with Crippen LogP contribution in [0.25, 0.3) is 0 Å². The van der Waals surface area contributed by atoms with Gasteiger partial charge in [0.05, 0.1) is 21.3 Å². The van der Waals surface area contributed by atoms with Crippen LogP contribution in [-0.2, 0) is 9.53 Å². The molecule has 0 bridgehead atoms. The molecule has 3 N–H and O–H groups in total. The van der Waals surface area contributed by atoms with E-state index in [4.69, 9.17) is 33.7 Å². The average Bonchev–Trinajstić information content (AvgIpc) is 2.39. The van der Waals surface area contributed by atoms with E-state index in [2.05, 4.69) is 12.2 Å². The van der Waals surface area contributed by atoms with Crippen molar-refractivity contribution in [3.63, 3.8) is 0 Å². The smallest absolute Gasteiger partial charge is 0.224 e. The van der Waals surface area contributed by atoms with Crippen LogP contribution in [-0.4, -0.2) is 18.1 Å². The number of nitrogens with one attached hydrogen (secondary N) is 1. The number of hydrogen-bond donors (Lipinski definition) is 2. The molecule has 0 fully saturated rings. The van der Waals surface area contributed by atoms with E-state index in [-0.39, 0.29) is 11.5 Å². The number of ether oxygens (including phenoxy) is 1. The fourth-order valence-corrected chi connectivity index (χ4v) is 2.20. The minimum atomic E-state index is -0.153. The van der Waals surface area contributed by atoms with Gasteiger partial charge in [-0.05, 0) is 38.8 Å². The highest BCUT2D eigenvalue weighted by molar-refractivity contribution is 6.40. The van der Waals surface area contributed by atoms with Crippen LogP contribution >= 0.6 is 23.2 Å². The molecule has 0 spiro atoms. The molecule has 1 aromatic rings. The second-order valence-electron chi connectivity index (χ2n) is 5.47. The Labute approximate surface area is 135 Å². The molecule has 0 unspecified atom stereocenters. The lowest BCUT2D eigenvalue weighted by Crippen LogP contribution is -2.24. The summed E-state index contributed by atoms with van der Waals surface area (Å²) in [6.45, 7) is 6.66. The highest BCUT2D eigenvalue weighted by atomic mass is 35.5. The molecule has 0 aliphatic heterocycles. The minimum Gasteiger partial charge on any atom is -0.399 e. The number of nitrogen functional groups attached to an aromatic ring is 1. The molecular formula is C15H22Cl2N2O2. The molecule has 0 aliphatic rings. The van der Waals surface area contributed by atoms with Crippen LogP contribution in [0.3, 0.4) is 0 Å². The van der Waals surface area contributed by atoms with E-state index < -0.39 is 0 Å². The normalized spacial score (nSPS) is 11.5. The molecule has 0 saturated carbocycles. The number of rotatable bonds is 7. The Kier molecular flexibility index (Phi) is 6.78. The third-order valence-corrected chi connectivity index (χ3v) is 3.82. The first kappa shape index (κ1) is 18.1. The Morgan fingerprint density at radius 2 is 1.90 bits per heavy atom. The molecule has 0 aliphatic carbocycles. The van der Waals surface area contributed by atoms with Gasteiger partial charge < -0.3 is 15.8 Å². The molecule has 1 aromatic carbocycles. The maximum Gasteiger partial charge on any atom is 0.224 e. The van der Waals surface area contributed by atoms with E-state index in [1.165, 1.54) is 0 Å². The molecule has 21 heavy (non-hydrogen) atoms. The zero-order valence-electron chi connectivity index (χ0n) is 12.6. The number of hydrogen-bond acceptors (Lipinski definition) is 3. The third-order valence-electron chi connectivity index (χ3n) is 3.22. The summed E-state index contributed by atoms with van der Waals surface area (Å²) in [6.07, 6.45) is 1.91. The SMILES string of the molecule is CCC(C)(C)OCCCC(=O)Nc1c(Cl)cc(N)cc1Cl. The van der Waals surface area contributed by atoms with E-state index in [0.717, 1.165) is 6.42 Å². The van der Waals surface area contributed by atoms with Crippen LogP contribution in [0.5, 0.6) is 0 Å². The van der Waals surface area contributed by atoms with Gasteiger partial charge in [0.1, 0.15) is 0 Å². The van der Waals surface area contributed by atoms with Gasteiger partial charge >= 0.3 is 0 Å². The molecule has 118 valence electrons. The van der Waals surface area contributed by atoms with Crippen molar-refractivity contribution in [3.05, 3.63) is 22.2 Å². The van der Waals surface area contributed by atoms with Crippen molar-refractivity contribution in [1.82, 2.24) is 0 Å². The number of halogens is 2. The zero-order valence-corrected chi connectivity index (χ0v) is 14.1. The van der Waals surface area contributed by atoms with Crippen molar-refractivity contribution >= 4 is 40.5 Å². The van der Waals surface area contributed by atoms with Crippen LogP contribution in [0.2, 0.25) is 10.0 Å². The molecule has 0 radical (unpaired) electrons. The van der Waals surface area contributed by atoms with Crippen molar-refractivity contribution in [1.29, 1.82) is 0 Å². The first-order valence-corrected chi connectivity index (χ1v) is 7.69. The van der Waals surface area contributed by atoms with Crippen molar-refractivity contribution in [2.75, 3.05) is 17.7 Å². The van der Waals surface area contributed by atoms with Crippen molar-refractivity contribution in [2.45, 2.75) is 45.6 Å². The van der Waals surface area contributed by atoms with E-state index >= 15 is 0 Å². The van der Waals surface area contributed by atoms with Crippen molar-refractivity contribution < 1.29 is 9.53 Å². The fraction of sp³-hybridized carbons (Fsp3) is 0.533. The van der Waals surface area contributed by atoms with Gasteiger partial charge in [0.15, 0.2) is 0 Å². The van der Waals surface area contributed by atoms with Gasteiger partial charge in [0.25, 0.3) is 0 Å². The average molecular weight is 333 g/mol.